The average molecular weight is 405 g/mol. The highest BCUT2D eigenvalue weighted by Gasteiger charge is 2.33. The van der Waals surface area contributed by atoms with Crippen molar-refractivity contribution >= 4 is 11.5 Å². The highest BCUT2D eigenvalue weighted by Crippen LogP contribution is 2.39. The first kappa shape index (κ1) is 20.7. The van der Waals surface area contributed by atoms with Crippen LogP contribution in [0.3, 0.4) is 0 Å². The van der Waals surface area contributed by atoms with Gasteiger partial charge in [-0.1, -0.05) is 0 Å². The predicted molar refractivity (Wildman–Crippen MR) is 100 cm³/mol. The number of aryl methyl sites for hydroxylation is 2. The molecule has 0 aliphatic heterocycles. The third-order valence-corrected chi connectivity index (χ3v) is 4.72. The number of alkyl halides is 2. The van der Waals surface area contributed by atoms with Crippen LogP contribution in [0.5, 0.6) is 5.88 Å². The molecule has 29 heavy (non-hydrogen) atoms. The number of halogens is 2. The molecule has 0 radical (unpaired) electrons. The maximum Gasteiger partial charge on any atom is 0.388 e. The van der Waals surface area contributed by atoms with Crippen molar-refractivity contribution in [2.75, 3.05) is 19.0 Å². The molecule has 1 atom stereocenters. The summed E-state index contributed by atoms with van der Waals surface area (Å²) in [7, 11) is 1.56. The topological polar surface area (TPSA) is 102 Å². The van der Waals surface area contributed by atoms with E-state index in [1.165, 1.54) is 16.8 Å². The SMILES string of the molecule is COC[C@@H](C1CC1)n1cc(C#N)nc(Nc2cc(C)c(OC(F)F)nc2C)c1=O. The van der Waals surface area contributed by atoms with Crippen molar-refractivity contribution in [1.82, 2.24) is 14.5 Å². The molecule has 0 saturated heterocycles. The zero-order valence-electron chi connectivity index (χ0n) is 16.3. The smallest absolute Gasteiger partial charge is 0.388 e. The molecule has 1 aliphatic rings. The van der Waals surface area contributed by atoms with Crippen molar-refractivity contribution in [3.63, 3.8) is 0 Å². The molecule has 0 amide bonds. The minimum Gasteiger partial charge on any atom is -0.417 e. The third-order valence-electron chi connectivity index (χ3n) is 4.72. The summed E-state index contributed by atoms with van der Waals surface area (Å²) in [6.07, 6.45) is 3.41. The highest BCUT2D eigenvalue weighted by atomic mass is 19.3. The lowest BCUT2D eigenvalue weighted by Crippen LogP contribution is -2.31. The van der Waals surface area contributed by atoms with Crippen molar-refractivity contribution in [2.45, 2.75) is 39.3 Å². The van der Waals surface area contributed by atoms with Crippen LogP contribution >= 0.6 is 0 Å². The fourth-order valence-corrected chi connectivity index (χ4v) is 3.13. The summed E-state index contributed by atoms with van der Waals surface area (Å²) in [6, 6.07) is 3.31. The fraction of sp³-hybridized carbons (Fsp3) is 0.474. The Kier molecular flexibility index (Phi) is 6.08. The molecule has 0 aromatic carbocycles. The Labute approximate surface area is 166 Å². The number of hydrogen-bond donors (Lipinski definition) is 1. The summed E-state index contributed by atoms with van der Waals surface area (Å²) in [5.74, 6) is 0.0802. The molecule has 1 fully saturated rings. The molecule has 0 unspecified atom stereocenters. The molecule has 1 aliphatic carbocycles. The van der Waals surface area contributed by atoms with E-state index < -0.39 is 12.2 Å². The van der Waals surface area contributed by atoms with E-state index in [0.29, 0.717) is 29.5 Å². The number of ether oxygens (including phenoxy) is 2. The van der Waals surface area contributed by atoms with E-state index in [2.05, 4.69) is 20.0 Å². The number of methoxy groups -OCH3 is 1. The summed E-state index contributed by atoms with van der Waals surface area (Å²) in [6.45, 7) is 0.512. The van der Waals surface area contributed by atoms with Crippen molar-refractivity contribution in [3.05, 3.63) is 39.6 Å². The minimum atomic E-state index is -2.99. The minimum absolute atomic E-state index is 0.0439. The van der Waals surface area contributed by atoms with Gasteiger partial charge in [0, 0.05) is 18.9 Å². The summed E-state index contributed by atoms with van der Waals surface area (Å²) >= 11 is 0. The van der Waals surface area contributed by atoms with Gasteiger partial charge in [-0.25, -0.2) is 9.97 Å². The maximum atomic E-state index is 13.0. The first-order valence-electron chi connectivity index (χ1n) is 9.06. The van der Waals surface area contributed by atoms with Crippen LogP contribution in [0.1, 0.15) is 35.8 Å². The number of anilines is 2. The average Bonchev–Trinajstić information content (AvgIpc) is 3.50. The van der Waals surface area contributed by atoms with Crippen LogP contribution in [0.25, 0.3) is 0 Å². The van der Waals surface area contributed by atoms with Gasteiger partial charge in [0.05, 0.1) is 24.0 Å². The molecule has 1 N–H and O–H groups in total. The monoisotopic (exact) mass is 405 g/mol. The van der Waals surface area contributed by atoms with Crippen LogP contribution in [0.4, 0.5) is 20.3 Å². The van der Waals surface area contributed by atoms with Gasteiger partial charge in [-0.3, -0.25) is 4.79 Å². The second-order valence-electron chi connectivity index (χ2n) is 6.91. The van der Waals surface area contributed by atoms with E-state index in [0.717, 1.165) is 12.8 Å². The predicted octanol–water partition coefficient (Wildman–Crippen LogP) is 3.07. The Morgan fingerprint density at radius 2 is 2.10 bits per heavy atom. The van der Waals surface area contributed by atoms with Gasteiger partial charge >= 0.3 is 6.61 Å². The summed E-state index contributed by atoms with van der Waals surface area (Å²) in [5.41, 5.74) is 0.796. The van der Waals surface area contributed by atoms with Gasteiger partial charge in [0.15, 0.2) is 11.5 Å². The summed E-state index contributed by atoms with van der Waals surface area (Å²) < 4.78 is 36.1. The van der Waals surface area contributed by atoms with Crippen LogP contribution in [-0.2, 0) is 4.74 Å². The first-order chi connectivity index (χ1) is 13.8. The van der Waals surface area contributed by atoms with Gasteiger partial charge in [0.1, 0.15) is 6.07 Å². The quantitative estimate of drug-likeness (QED) is 0.720. The molecule has 154 valence electrons. The van der Waals surface area contributed by atoms with E-state index in [-0.39, 0.29) is 23.4 Å². The maximum absolute atomic E-state index is 13.0. The molecule has 1 saturated carbocycles. The molecular formula is C19H21F2N5O3. The van der Waals surface area contributed by atoms with Crippen molar-refractivity contribution < 1.29 is 18.3 Å². The van der Waals surface area contributed by atoms with Gasteiger partial charge in [0.2, 0.25) is 5.88 Å². The normalized spacial score (nSPS) is 14.5. The number of aromatic nitrogens is 3. The number of nitrogens with one attached hydrogen (secondary N) is 1. The molecule has 10 heteroatoms. The van der Waals surface area contributed by atoms with Crippen LogP contribution < -0.4 is 15.6 Å². The molecule has 8 nitrogen and oxygen atoms in total. The number of pyridine rings is 1. The lowest BCUT2D eigenvalue weighted by molar-refractivity contribution is -0.0533. The Morgan fingerprint density at radius 1 is 1.38 bits per heavy atom. The lowest BCUT2D eigenvalue weighted by Gasteiger charge is -2.20. The Morgan fingerprint density at radius 3 is 2.69 bits per heavy atom. The van der Waals surface area contributed by atoms with Gasteiger partial charge < -0.3 is 19.4 Å². The second kappa shape index (κ2) is 8.53. The van der Waals surface area contributed by atoms with Crippen LogP contribution in [-0.4, -0.2) is 34.9 Å². The summed E-state index contributed by atoms with van der Waals surface area (Å²) in [5, 5.41) is 12.2. The molecular weight excluding hydrogens is 384 g/mol. The molecule has 2 heterocycles. The fourth-order valence-electron chi connectivity index (χ4n) is 3.13. The van der Waals surface area contributed by atoms with Crippen LogP contribution in [0.2, 0.25) is 0 Å². The second-order valence-corrected chi connectivity index (χ2v) is 6.91. The molecule has 0 bridgehead atoms. The Balaban J connectivity index is 1.99. The van der Waals surface area contributed by atoms with E-state index in [4.69, 9.17) is 4.74 Å². The van der Waals surface area contributed by atoms with Gasteiger partial charge in [-0.15, -0.1) is 0 Å². The highest BCUT2D eigenvalue weighted by molar-refractivity contribution is 5.60. The zero-order chi connectivity index (χ0) is 21.1. The molecule has 2 aromatic rings. The van der Waals surface area contributed by atoms with Gasteiger partial charge in [-0.05, 0) is 38.7 Å². The van der Waals surface area contributed by atoms with E-state index >= 15 is 0 Å². The number of nitriles is 1. The van der Waals surface area contributed by atoms with Crippen LogP contribution in [0, 0.1) is 31.1 Å². The van der Waals surface area contributed by atoms with Gasteiger partial charge in [0.25, 0.3) is 5.56 Å². The van der Waals surface area contributed by atoms with E-state index in [9.17, 15) is 18.8 Å². The zero-order valence-corrected chi connectivity index (χ0v) is 16.3. The molecule has 3 rings (SSSR count). The number of rotatable bonds is 8. The van der Waals surface area contributed by atoms with Crippen molar-refractivity contribution in [1.29, 1.82) is 5.26 Å². The van der Waals surface area contributed by atoms with Crippen molar-refractivity contribution in [3.8, 4) is 11.9 Å². The first-order valence-corrected chi connectivity index (χ1v) is 9.06. The van der Waals surface area contributed by atoms with Gasteiger partial charge in [-0.2, -0.15) is 14.0 Å². The molecule has 0 spiro atoms. The van der Waals surface area contributed by atoms with E-state index in [1.54, 1.807) is 21.0 Å². The van der Waals surface area contributed by atoms with Crippen molar-refractivity contribution in [2.24, 2.45) is 5.92 Å². The van der Waals surface area contributed by atoms with Crippen LogP contribution in [0.15, 0.2) is 17.1 Å². The number of nitrogens with zero attached hydrogens (tertiary/aromatic N) is 4. The standard InChI is InChI=1S/C19H21F2N5O3/c1-10-6-14(11(2)23-17(10)29-19(20)21)25-16-18(27)26(8-13(7-22)24-16)15(9-28-3)12-4-5-12/h6,8,12,15,19H,4-5,9H2,1-3H3,(H,24,25)/t15-/m0/s1. The Hall–Kier alpha value is -3.06. The largest absolute Gasteiger partial charge is 0.417 e. The third kappa shape index (κ3) is 4.68. The number of hydrogen-bond acceptors (Lipinski definition) is 7. The molecule has 2 aromatic heterocycles. The van der Waals surface area contributed by atoms with E-state index in [1.807, 2.05) is 6.07 Å². The summed E-state index contributed by atoms with van der Waals surface area (Å²) in [4.78, 5) is 21.1. The lowest BCUT2D eigenvalue weighted by atomic mass is 10.2. The Bertz CT molecular complexity index is 999.